The predicted molar refractivity (Wildman–Crippen MR) is 108 cm³/mol. The van der Waals surface area contributed by atoms with Crippen molar-refractivity contribution in [2.24, 2.45) is 0 Å². The van der Waals surface area contributed by atoms with Crippen molar-refractivity contribution in [3.8, 4) is 5.75 Å². The van der Waals surface area contributed by atoms with Gasteiger partial charge in [0.25, 0.3) is 0 Å². The number of anilines is 1. The minimum Gasteiger partial charge on any atom is -0.487 e. The number of rotatable bonds is 5. The van der Waals surface area contributed by atoms with Crippen LogP contribution in [0.3, 0.4) is 0 Å². The van der Waals surface area contributed by atoms with E-state index in [-0.39, 0.29) is 30.3 Å². The second-order valence-corrected chi connectivity index (χ2v) is 7.94. The summed E-state index contributed by atoms with van der Waals surface area (Å²) in [5.41, 5.74) is 3.28. The fourth-order valence-corrected chi connectivity index (χ4v) is 3.24. The Bertz CT molecular complexity index is 959. The van der Waals surface area contributed by atoms with Crippen LogP contribution in [0.25, 0.3) is 0 Å². The van der Waals surface area contributed by atoms with Crippen molar-refractivity contribution in [1.29, 1.82) is 0 Å². The maximum Gasteiger partial charge on any atom is 0.224 e. The monoisotopic (exact) mass is 379 g/mol. The lowest BCUT2D eigenvalue weighted by molar-refractivity contribution is -0.116. The Balaban J connectivity index is 1.61. The Morgan fingerprint density at radius 1 is 1.04 bits per heavy atom. The molecule has 0 aromatic heterocycles. The number of ether oxygens (including phenoxy) is 1. The third-order valence-corrected chi connectivity index (χ3v) is 4.94. The maximum atomic E-state index is 12.3. The van der Waals surface area contributed by atoms with Crippen LogP contribution in [0.15, 0.2) is 36.4 Å². The molecule has 0 saturated heterocycles. The number of amides is 1. The molecule has 5 heteroatoms. The first-order valence-corrected chi connectivity index (χ1v) is 9.41. The quantitative estimate of drug-likeness (QED) is 0.768. The van der Waals surface area contributed by atoms with Crippen LogP contribution in [0.2, 0.25) is 0 Å². The van der Waals surface area contributed by atoms with Gasteiger partial charge in [-0.1, -0.05) is 12.1 Å². The molecule has 0 spiro atoms. The Morgan fingerprint density at radius 2 is 1.79 bits per heavy atom. The van der Waals surface area contributed by atoms with E-state index in [4.69, 9.17) is 4.74 Å². The van der Waals surface area contributed by atoms with Gasteiger partial charge in [0.05, 0.1) is 12.0 Å². The number of Topliss-reactive ketones (excluding diaryl/α,β-unsaturated/α-hetero) is 2. The van der Waals surface area contributed by atoms with E-state index in [1.165, 1.54) is 0 Å². The second-order valence-electron chi connectivity index (χ2n) is 7.94. The number of hydrogen-bond acceptors (Lipinski definition) is 4. The van der Waals surface area contributed by atoms with E-state index in [1.54, 1.807) is 24.3 Å². The SMILES string of the molecule is Cc1ccc(C(=O)CCC(=O)Nc2ccc3c(c2)C(=O)CC(C)(C)O3)cc1C. The summed E-state index contributed by atoms with van der Waals surface area (Å²) in [4.78, 5) is 36.9. The molecule has 5 nitrogen and oxygen atoms in total. The molecule has 0 saturated carbocycles. The van der Waals surface area contributed by atoms with Gasteiger partial charge in [0, 0.05) is 24.1 Å². The average Bonchev–Trinajstić information content (AvgIpc) is 2.61. The highest BCUT2D eigenvalue weighted by molar-refractivity contribution is 6.03. The number of aryl methyl sites for hydroxylation is 2. The van der Waals surface area contributed by atoms with Gasteiger partial charge in [-0.3, -0.25) is 14.4 Å². The first kappa shape index (κ1) is 19.8. The largest absolute Gasteiger partial charge is 0.487 e. The Hall–Kier alpha value is -2.95. The third kappa shape index (κ3) is 4.47. The third-order valence-electron chi connectivity index (χ3n) is 4.94. The summed E-state index contributed by atoms with van der Waals surface area (Å²) in [5.74, 6) is 0.201. The highest BCUT2D eigenvalue weighted by atomic mass is 16.5. The number of ketones is 2. The molecule has 1 amide bonds. The zero-order valence-corrected chi connectivity index (χ0v) is 16.7. The van der Waals surface area contributed by atoms with E-state index in [0.29, 0.717) is 29.0 Å². The van der Waals surface area contributed by atoms with Gasteiger partial charge in [0.1, 0.15) is 11.4 Å². The Kier molecular flexibility index (Phi) is 5.36. The van der Waals surface area contributed by atoms with E-state index in [9.17, 15) is 14.4 Å². The molecule has 3 rings (SSSR count). The van der Waals surface area contributed by atoms with Gasteiger partial charge in [0.15, 0.2) is 11.6 Å². The number of carbonyl (C=O) groups excluding carboxylic acids is 3. The Labute approximate surface area is 165 Å². The zero-order chi connectivity index (χ0) is 20.5. The van der Waals surface area contributed by atoms with Gasteiger partial charge in [-0.15, -0.1) is 0 Å². The van der Waals surface area contributed by atoms with Crippen LogP contribution in [0.1, 0.15) is 65.0 Å². The maximum absolute atomic E-state index is 12.3. The molecule has 1 aliphatic rings. The van der Waals surface area contributed by atoms with Crippen molar-refractivity contribution in [3.63, 3.8) is 0 Å². The number of nitrogens with one attached hydrogen (secondary N) is 1. The van der Waals surface area contributed by atoms with Crippen molar-refractivity contribution < 1.29 is 19.1 Å². The van der Waals surface area contributed by atoms with Crippen LogP contribution in [0.5, 0.6) is 5.75 Å². The highest BCUT2D eigenvalue weighted by Crippen LogP contribution is 2.34. The fourth-order valence-electron chi connectivity index (χ4n) is 3.24. The fraction of sp³-hybridized carbons (Fsp3) is 0.348. The molecular weight excluding hydrogens is 354 g/mol. The van der Waals surface area contributed by atoms with Crippen molar-refractivity contribution in [2.75, 3.05) is 5.32 Å². The molecule has 1 heterocycles. The smallest absolute Gasteiger partial charge is 0.224 e. The van der Waals surface area contributed by atoms with Crippen LogP contribution in [0.4, 0.5) is 5.69 Å². The first-order chi connectivity index (χ1) is 13.1. The zero-order valence-electron chi connectivity index (χ0n) is 16.7. The molecule has 1 N–H and O–H groups in total. The van der Waals surface area contributed by atoms with E-state index in [0.717, 1.165) is 11.1 Å². The minimum absolute atomic E-state index is 0.00716. The van der Waals surface area contributed by atoms with Gasteiger partial charge in [0.2, 0.25) is 5.91 Å². The summed E-state index contributed by atoms with van der Waals surface area (Å²) in [6.45, 7) is 7.69. The molecule has 0 fully saturated rings. The molecule has 2 aromatic carbocycles. The summed E-state index contributed by atoms with van der Waals surface area (Å²) in [6.07, 6.45) is 0.512. The number of carbonyl (C=O) groups is 3. The molecular formula is C23H25NO4. The van der Waals surface area contributed by atoms with E-state index in [2.05, 4.69) is 5.32 Å². The minimum atomic E-state index is -0.524. The summed E-state index contributed by atoms with van der Waals surface area (Å²) in [7, 11) is 0. The Morgan fingerprint density at radius 3 is 2.50 bits per heavy atom. The first-order valence-electron chi connectivity index (χ1n) is 9.41. The van der Waals surface area contributed by atoms with E-state index < -0.39 is 5.60 Å². The molecule has 28 heavy (non-hydrogen) atoms. The van der Waals surface area contributed by atoms with Crippen LogP contribution < -0.4 is 10.1 Å². The number of fused-ring (bicyclic) bond motifs is 1. The molecule has 2 aromatic rings. The van der Waals surface area contributed by atoms with Crippen LogP contribution >= 0.6 is 0 Å². The highest BCUT2D eigenvalue weighted by Gasteiger charge is 2.32. The summed E-state index contributed by atoms with van der Waals surface area (Å²) >= 11 is 0. The molecule has 0 aliphatic carbocycles. The molecule has 0 bridgehead atoms. The van der Waals surface area contributed by atoms with Crippen LogP contribution in [-0.2, 0) is 4.79 Å². The average molecular weight is 379 g/mol. The molecule has 146 valence electrons. The topological polar surface area (TPSA) is 72.5 Å². The molecule has 0 radical (unpaired) electrons. The molecule has 0 atom stereocenters. The van der Waals surface area contributed by atoms with Gasteiger partial charge in [-0.05, 0) is 63.1 Å². The van der Waals surface area contributed by atoms with Gasteiger partial charge < -0.3 is 10.1 Å². The number of benzene rings is 2. The lowest BCUT2D eigenvalue weighted by Crippen LogP contribution is -2.35. The van der Waals surface area contributed by atoms with E-state index in [1.807, 2.05) is 39.8 Å². The number of hydrogen-bond donors (Lipinski definition) is 1. The molecule has 1 aliphatic heterocycles. The normalized spacial score (nSPS) is 14.8. The predicted octanol–water partition coefficient (Wildman–Crippen LogP) is 4.65. The van der Waals surface area contributed by atoms with Crippen molar-refractivity contribution >= 4 is 23.2 Å². The standard InChI is InChI=1S/C23H25NO4/c1-14-5-6-16(11-15(14)2)19(25)8-10-22(27)24-17-7-9-21-18(12-17)20(26)13-23(3,4)28-21/h5-7,9,11-12H,8,10,13H2,1-4H3,(H,24,27). The van der Waals surface area contributed by atoms with Crippen molar-refractivity contribution in [1.82, 2.24) is 0 Å². The molecule has 0 unspecified atom stereocenters. The second kappa shape index (κ2) is 7.58. The van der Waals surface area contributed by atoms with E-state index >= 15 is 0 Å². The summed E-state index contributed by atoms with van der Waals surface area (Å²) in [6, 6.07) is 10.6. The van der Waals surface area contributed by atoms with Crippen molar-refractivity contribution in [3.05, 3.63) is 58.7 Å². The van der Waals surface area contributed by atoms with Gasteiger partial charge in [-0.25, -0.2) is 0 Å². The van der Waals surface area contributed by atoms with Crippen molar-refractivity contribution in [2.45, 2.75) is 52.6 Å². The summed E-state index contributed by atoms with van der Waals surface area (Å²) < 4.78 is 5.82. The lowest BCUT2D eigenvalue weighted by Gasteiger charge is -2.31. The summed E-state index contributed by atoms with van der Waals surface area (Å²) in [5, 5.41) is 2.76. The van der Waals surface area contributed by atoms with Gasteiger partial charge in [-0.2, -0.15) is 0 Å². The van der Waals surface area contributed by atoms with Gasteiger partial charge >= 0.3 is 0 Å². The van der Waals surface area contributed by atoms with Crippen LogP contribution in [-0.4, -0.2) is 23.1 Å². The lowest BCUT2D eigenvalue weighted by atomic mass is 9.93. The van der Waals surface area contributed by atoms with Crippen LogP contribution in [0, 0.1) is 13.8 Å².